The van der Waals surface area contributed by atoms with Gasteiger partial charge in [-0.15, -0.1) is 11.3 Å². The number of fused-ring (bicyclic) bond motifs is 1. The van der Waals surface area contributed by atoms with Gasteiger partial charge in [-0.3, -0.25) is 9.69 Å². The van der Waals surface area contributed by atoms with Gasteiger partial charge in [-0.05, 0) is 103 Å². The summed E-state index contributed by atoms with van der Waals surface area (Å²) in [5, 5.41) is 1.30. The molecule has 198 valence electrons. The first-order valence-electron chi connectivity index (χ1n) is 13.9. The normalized spacial score (nSPS) is 14.0. The molecule has 0 N–H and O–H groups in total. The minimum absolute atomic E-state index is 0.166. The summed E-state index contributed by atoms with van der Waals surface area (Å²) in [6, 6.07) is 25.1. The number of thiophene rings is 1. The number of esters is 1. The van der Waals surface area contributed by atoms with Crippen LogP contribution in [0.3, 0.4) is 0 Å². The van der Waals surface area contributed by atoms with E-state index in [1.165, 1.54) is 58.4 Å². The molecule has 1 fully saturated rings. The van der Waals surface area contributed by atoms with Gasteiger partial charge in [0.2, 0.25) is 0 Å². The third-order valence-electron chi connectivity index (χ3n) is 7.21. The minimum Gasteiger partial charge on any atom is -0.492 e. The summed E-state index contributed by atoms with van der Waals surface area (Å²) < 4.78 is 12.8. The van der Waals surface area contributed by atoms with Gasteiger partial charge in [-0.1, -0.05) is 50.1 Å². The van der Waals surface area contributed by atoms with Crippen LogP contribution in [0, 0.1) is 0 Å². The highest BCUT2D eigenvalue weighted by atomic mass is 32.1. The van der Waals surface area contributed by atoms with E-state index in [4.69, 9.17) is 9.47 Å². The average Bonchev–Trinajstić information content (AvgIpc) is 3.32. The van der Waals surface area contributed by atoms with Crippen molar-refractivity contribution in [3.8, 4) is 21.9 Å². The van der Waals surface area contributed by atoms with E-state index in [1.807, 2.05) is 23.5 Å². The number of likely N-dealkylation sites (tertiary alicyclic amines) is 1. The summed E-state index contributed by atoms with van der Waals surface area (Å²) in [5.74, 6) is 1.37. The monoisotopic (exact) mass is 527 g/mol. The Labute approximate surface area is 230 Å². The summed E-state index contributed by atoms with van der Waals surface area (Å²) in [7, 11) is 0. The highest BCUT2D eigenvalue weighted by Gasteiger charge is 2.15. The van der Waals surface area contributed by atoms with E-state index in [-0.39, 0.29) is 5.97 Å². The van der Waals surface area contributed by atoms with Gasteiger partial charge in [-0.25, -0.2) is 0 Å². The van der Waals surface area contributed by atoms with Crippen molar-refractivity contribution in [1.82, 2.24) is 4.90 Å². The smallest absolute Gasteiger partial charge is 0.311 e. The number of piperidine rings is 1. The Morgan fingerprint density at radius 2 is 1.63 bits per heavy atom. The van der Waals surface area contributed by atoms with Gasteiger partial charge < -0.3 is 9.47 Å². The lowest BCUT2D eigenvalue weighted by atomic mass is 9.99. The first kappa shape index (κ1) is 26.5. The molecule has 0 amide bonds. The molecule has 0 unspecified atom stereocenters. The zero-order valence-electron chi connectivity index (χ0n) is 22.3. The van der Waals surface area contributed by atoms with Crippen LogP contribution in [-0.2, 0) is 11.2 Å². The van der Waals surface area contributed by atoms with Crippen molar-refractivity contribution in [3.63, 3.8) is 0 Å². The molecular formula is C33H37NO3S. The number of carbonyl (C=O) groups is 1. The second-order valence-corrected chi connectivity index (χ2v) is 11.1. The largest absolute Gasteiger partial charge is 0.492 e. The first-order valence-corrected chi connectivity index (χ1v) is 14.8. The maximum Gasteiger partial charge on any atom is 0.311 e. The lowest BCUT2D eigenvalue weighted by Gasteiger charge is -2.26. The summed E-state index contributed by atoms with van der Waals surface area (Å²) in [4.78, 5) is 15.8. The number of hydrogen-bond acceptors (Lipinski definition) is 5. The first-order chi connectivity index (χ1) is 18.7. The van der Waals surface area contributed by atoms with Crippen LogP contribution in [0.5, 0.6) is 11.5 Å². The molecule has 5 rings (SSSR count). The molecule has 2 heterocycles. The zero-order chi connectivity index (χ0) is 26.2. The Bertz CT molecular complexity index is 1320. The number of benzene rings is 3. The molecule has 0 radical (unpaired) electrons. The molecule has 4 aromatic rings. The van der Waals surface area contributed by atoms with Gasteiger partial charge in [0.05, 0.1) is 0 Å². The van der Waals surface area contributed by atoms with E-state index < -0.39 is 0 Å². The van der Waals surface area contributed by atoms with Gasteiger partial charge in [0.15, 0.2) is 0 Å². The summed E-state index contributed by atoms with van der Waals surface area (Å²) in [6.45, 7) is 6.22. The Balaban J connectivity index is 1.28. The van der Waals surface area contributed by atoms with E-state index in [2.05, 4.69) is 72.5 Å². The quantitative estimate of drug-likeness (QED) is 0.146. The van der Waals surface area contributed by atoms with Gasteiger partial charge in [0, 0.05) is 22.5 Å². The van der Waals surface area contributed by atoms with Crippen LogP contribution in [-0.4, -0.2) is 37.1 Å². The Kier molecular flexibility index (Phi) is 9.11. The molecule has 0 atom stereocenters. The second-order valence-electron chi connectivity index (χ2n) is 10.1. The molecule has 1 aliphatic heterocycles. The van der Waals surface area contributed by atoms with Crippen LogP contribution < -0.4 is 9.47 Å². The van der Waals surface area contributed by atoms with Crippen LogP contribution in [0.4, 0.5) is 0 Å². The number of hydrogen-bond donors (Lipinski definition) is 0. The number of nitrogens with zero attached hydrogens (tertiary/aromatic N) is 1. The highest BCUT2D eigenvalue weighted by molar-refractivity contribution is 7.22. The van der Waals surface area contributed by atoms with E-state index >= 15 is 0 Å². The van der Waals surface area contributed by atoms with Crippen LogP contribution in [0.2, 0.25) is 0 Å². The lowest BCUT2D eigenvalue weighted by molar-refractivity contribution is -0.134. The van der Waals surface area contributed by atoms with Crippen LogP contribution in [0.1, 0.15) is 56.6 Å². The summed E-state index contributed by atoms with van der Waals surface area (Å²) in [5.41, 5.74) is 3.74. The van der Waals surface area contributed by atoms with E-state index in [9.17, 15) is 4.79 Å². The fraction of sp³-hybridized carbons (Fsp3) is 0.364. The van der Waals surface area contributed by atoms with Crippen molar-refractivity contribution < 1.29 is 14.3 Å². The van der Waals surface area contributed by atoms with Crippen molar-refractivity contribution in [1.29, 1.82) is 0 Å². The third kappa shape index (κ3) is 6.83. The molecule has 0 saturated carbocycles. The zero-order valence-corrected chi connectivity index (χ0v) is 23.1. The van der Waals surface area contributed by atoms with Crippen LogP contribution >= 0.6 is 11.3 Å². The van der Waals surface area contributed by atoms with E-state index in [0.717, 1.165) is 43.7 Å². The Morgan fingerprint density at radius 3 is 2.39 bits per heavy atom. The summed E-state index contributed by atoms with van der Waals surface area (Å²) in [6.07, 6.45) is 7.13. The van der Waals surface area contributed by atoms with Crippen molar-refractivity contribution >= 4 is 27.4 Å². The molecule has 1 aliphatic rings. The molecule has 1 saturated heterocycles. The summed E-state index contributed by atoms with van der Waals surface area (Å²) >= 11 is 1.82. The fourth-order valence-electron chi connectivity index (χ4n) is 5.07. The van der Waals surface area contributed by atoms with E-state index in [0.29, 0.717) is 12.2 Å². The number of unbranched alkanes of at least 4 members (excludes halogenated alkanes) is 1. The predicted molar refractivity (Wildman–Crippen MR) is 157 cm³/mol. The third-order valence-corrected chi connectivity index (χ3v) is 8.47. The van der Waals surface area contributed by atoms with Gasteiger partial charge >= 0.3 is 5.97 Å². The SMILES string of the molecule is CCCCC(=O)Oc1ccc(-c2sc3ccccc3c2Cc2ccc(OCCN3CCCCC3)cc2)cc1. The van der Waals surface area contributed by atoms with Crippen LogP contribution in [0.25, 0.3) is 20.5 Å². The van der Waals surface area contributed by atoms with Gasteiger partial charge in [-0.2, -0.15) is 0 Å². The van der Waals surface area contributed by atoms with Crippen molar-refractivity contribution in [2.45, 2.75) is 51.9 Å². The molecular weight excluding hydrogens is 490 g/mol. The topological polar surface area (TPSA) is 38.8 Å². The molecule has 0 spiro atoms. The molecule has 4 nitrogen and oxygen atoms in total. The molecule has 1 aromatic heterocycles. The maximum atomic E-state index is 12.0. The Hall–Kier alpha value is -3.15. The molecule has 0 aliphatic carbocycles. The fourth-order valence-corrected chi connectivity index (χ4v) is 6.30. The molecule has 38 heavy (non-hydrogen) atoms. The minimum atomic E-state index is -0.166. The van der Waals surface area contributed by atoms with Gasteiger partial charge in [0.1, 0.15) is 18.1 Å². The number of ether oxygens (including phenoxy) is 2. The van der Waals surface area contributed by atoms with E-state index in [1.54, 1.807) is 0 Å². The van der Waals surface area contributed by atoms with Crippen molar-refractivity contribution in [2.24, 2.45) is 0 Å². The standard InChI is InChI=1S/C33H37NO3S/c1-2-3-11-32(35)37-28-18-14-26(15-19-28)33-30(29-9-5-6-10-31(29)38-33)24-25-12-16-27(17-13-25)36-23-22-34-20-7-4-8-21-34/h5-6,9-10,12-19H,2-4,7-8,11,20-24H2,1H3. The average molecular weight is 528 g/mol. The van der Waals surface area contributed by atoms with Crippen molar-refractivity contribution in [3.05, 3.63) is 83.9 Å². The molecule has 3 aromatic carbocycles. The molecule has 0 bridgehead atoms. The predicted octanol–water partition coefficient (Wildman–Crippen LogP) is 8.12. The highest BCUT2D eigenvalue weighted by Crippen LogP contribution is 2.40. The molecule has 5 heteroatoms. The Morgan fingerprint density at radius 1 is 0.895 bits per heavy atom. The lowest BCUT2D eigenvalue weighted by Crippen LogP contribution is -2.33. The van der Waals surface area contributed by atoms with Crippen LogP contribution in [0.15, 0.2) is 72.8 Å². The second kappa shape index (κ2) is 13.1. The maximum absolute atomic E-state index is 12.0. The number of carbonyl (C=O) groups excluding carboxylic acids is 1. The number of rotatable bonds is 11. The van der Waals surface area contributed by atoms with Crippen molar-refractivity contribution in [2.75, 3.05) is 26.2 Å². The van der Waals surface area contributed by atoms with Gasteiger partial charge in [0.25, 0.3) is 0 Å².